The Morgan fingerprint density at radius 1 is 1.17 bits per heavy atom. The van der Waals surface area contributed by atoms with Gasteiger partial charge in [-0.05, 0) is 43.2 Å². The maximum absolute atomic E-state index is 12.4. The average Bonchev–Trinajstić information content (AvgIpc) is 3.11. The fourth-order valence-corrected chi connectivity index (χ4v) is 3.08. The summed E-state index contributed by atoms with van der Waals surface area (Å²) in [6.45, 7) is 4.07. The molecular formula is C21H22ClN3O4. The van der Waals surface area contributed by atoms with Gasteiger partial charge in [-0.25, -0.2) is 9.78 Å². The standard InChI is InChI=1S/C21H22ClN3O4/c1-4-16-19(24(3)20(26)21(27)28-5-2)25-12-6-7-17(18(25)23-16)29-13-14-8-10-15(22)11-9-14/h6-12H,4-5,13H2,1-3H3. The number of halogens is 1. The Bertz CT molecular complexity index is 1030. The minimum atomic E-state index is -0.901. The Hall–Kier alpha value is -3.06. The molecule has 0 spiro atoms. The molecule has 2 aromatic heterocycles. The monoisotopic (exact) mass is 415 g/mol. The van der Waals surface area contributed by atoms with Gasteiger partial charge in [-0.15, -0.1) is 0 Å². The van der Waals surface area contributed by atoms with Crippen molar-refractivity contribution in [3.05, 3.63) is 58.9 Å². The molecule has 1 amide bonds. The van der Waals surface area contributed by atoms with Gasteiger partial charge in [0.2, 0.25) is 0 Å². The molecule has 2 heterocycles. The zero-order valence-electron chi connectivity index (χ0n) is 16.5. The quantitative estimate of drug-likeness (QED) is 0.454. The van der Waals surface area contributed by atoms with Crippen LogP contribution in [-0.4, -0.2) is 34.9 Å². The molecule has 0 unspecified atom stereocenters. The van der Waals surface area contributed by atoms with Crippen molar-refractivity contribution >= 4 is 34.9 Å². The summed E-state index contributed by atoms with van der Waals surface area (Å²) in [5.41, 5.74) is 2.21. The lowest BCUT2D eigenvalue weighted by molar-refractivity contribution is -0.153. The van der Waals surface area contributed by atoms with Crippen molar-refractivity contribution in [3.8, 4) is 5.75 Å². The molecule has 0 N–H and O–H groups in total. The lowest BCUT2D eigenvalue weighted by Crippen LogP contribution is -2.35. The van der Waals surface area contributed by atoms with Gasteiger partial charge in [-0.1, -0.05) is 30.7 Å². The normalized spacial score (nSPS) is 10.8. The second kappa shape index (κ2) is 8.96. The van der Waals surface area contributed by atoms with Crippen molar-refractivity contribution in [3.63, 3.8) is 0 Å². The van der Waals surface area contributed by atoms with E-state index in [2.05, 4.69) is 4.98 Å². The predicted molar refractivity (Wildman–Crippen MR) is 110 cm³/mol. The summed E-state index contributed by atoms with van der Waals surface area (Å²) in [5.74, 6) is -0.573. The van der Waals surface area contributed by atoms with Gasteiger partial charge in [0, 0.05) is 18.3 Å². The Kier molecular flexibility index (Phi) is 6.39. The van der Waals surface area contributed by atoms with Crippen LogP contribution in [0.4, 0.5) is 5.82 Å². The molecule has 1 aromatic carbocycles. The molecule has 0 aliphatic rings. The molecule has 8 heteroatoms. The first-order valence-corrected chi connectivity index (χ1v) is 9.66. The first-order chi connectivity index (χ1) is 14.0. The van der Waals surface area contributed by atoms with Gasteiger partial charge in [-0.2, -0.15) is 0 Å². The van der Waals surface area contributed by atoms with Crippen LogP contribution in [0.2, 0.25) is 5.02 Å². The van der Waals surface area contributed by atoms with Crippen molar-refractivity contribution in [1.29, 1.82) is 0 Å². The highest BCUT2D eigenvalue weighted by Crippen LogP contribution is 2.28. The van der Waals surface area contributed by atoms with E-state index in [4.69, 9.17) is 21.1 Å². The van der Waals surface area contributed by atoms with Crippen LogP contribution in [0.15, 0.2) is 42.6 Å². The molecule has 3 aromatic rings. The second-order valence-corrected chi connectivity index (χ2v) is 6.74. The van der Waals surface area contributed by atoms with Crippen molar-refractivity contribution in [2.45, 2.75) is 26.9 Å². The van der Waals surface area contributed by atoms with Crippen LogP contribution in [0.1, 0.15) is 25.1 Å². The van der Waals surface area contributed by atoms with Gasteiger partial charge >= 0.3 is 11.9 Å². The van der Waals surface area contributed by atoms with Gasteiger partial charge < -0.3 is 9.47 Å². The molecule has 0 atom stereocenters. The molecule has 0 saturated heterocycles. The summed E-state index contributed by atoms with van der Waals surface area (Å²) in [7, 11) is 1.53. The Morgan fingerprint density at radius 2 is 1.90 bits per heavy atom. The average molecular weight is 416 g/mol. The smallest absolute Gasteiger partial charge is 0.397 e. The predicted octanol–water partition coefficient (Wildman–Crippen LogP) is 3.66. The number of ether oxygens (including phenoxy) is 2. The highest BCUT2D eigenvalue weighted by molar-refractivity contribution is 6.38. The Morgan fingerprint density at radius 3 is 2.55 bits per heavy atom. The number of aryl methyl sites for hydroxylation is 1. The molecule has 0 radical (unpaired) electrons. The maximum atomic E-state index is 12.4. The van der Waals surface area contributed by atoms with Crippen LogP contribution in [0.3, 0.4) is 0 Å². The van der Waals surface area contributed by atoms with E-state index in [1.54, 1.807) is 35.7 Å². The van der Waals surface area contributed by atoms with E-state index in [-0.39, 0.29) is 6.61 Å². The largest absolute Gasteiger partial charge is 0.485 e. The van der Waals surface area contributed by atoms with E-state index in [0.717, 1.165) is 5.56 Å². The summed E-state index contributed by atoms with van der Waals surface area (Å²) in [6, 6.07) is 11.0. The van der Waals surface area contributed by atoms with Gasteiger partial charge in [0.05, 0.1) is 12.3 Å². The third-order valence-electron chi connectivity index (χ3n) is 4.37. The van der Waals surface area contributed by atoms with Crippen LogP contribution >= 0.6 is 11.6 Å². The highest BCUT2D eigenvalue weighted by atomic mass is 35.5. The summed E-state index contributed by atoms with van der Waals surface area (Å²) >= 11 is 5.92. The number of hydrogen-bond donors (Lipinski definition) is 0. The van der Waals surface area contributed by atoms with Gasteiger partial charge in [0.25, 0.3) is 0 Å². The molecule has 0 fully saturated rings. The third-order valence-corrected chi connectivity index (χ3v) is 4.63. The zero-order chi connectivity index (χ0) is 21.0. The van der Waals surface area contributed by atoms with E-state index in [1.807, 2.05) is 25.1 Å². The van der Waals surface area contributed by atoms with E-state index >= 15 is 0 Å². The molecule has 0 aliphatic carbocycles. The number of hydrogen-bond acceptors (Lipinski definition) is 5. The number of pyridine rings is 1. The number of carbonyl (C=O) groups is 2. The van der Waals surface area contributed by atoms with E-state index in [1.165, 1.54) is 11.9 Å². The van der Waals surface area contributed by atoms with Crippen LogP contribution in [0, 0.1) is 0 Å². The zero-order valence-corrected chi connectivity index (χ0v) is 17.3. The van der Waals surface area contributed by atoms with Crippen LogP contribution in [-0.2, 0) is 27.4 Å². The number of likely N-dealkylation sites (N-methyl/N-ethyl adjacent to an activating group) is 1. The molecule has 0 bridgehead atoms. The lowest BCUT2D eigenvalue weighted by atomic mass is 10.2. The number of anilines is 1. The number of aromatic nitrogens is 2. The molecule has 3 rings (SSSR count). The first kappa shape index (κ1) is 20.7. The topological polar surface area (TPSA) is 73.1 Å². The van der Waals surface area contributed by atoms with Crippen LogP contribution in [0.25, 0.3) is 5.65 Å². The fraction of sp³-hybridized carbons (Fsp3) is 0.286. The van der Waals surface area contributed by atoms with Crippen molar-refractivity contribution in [1.82, 2.24) is 9.38 Å². The summed E-state index contributed by atoms with van der Waals surface area (Å²) in [5, 5.41) is 0.663. The Labute approximate surface area is 173 Å². The lowest BCUT2D eigenvalue weighted by Gasteiger charge is -2.17. The molecule has 0 aliphatic heterocycles. The van der Waals surface area contributed by atoms with Crippen LogP contribution in [0.5, 0.6) is 5.75 Å². The van der Waals surface area contributed by atoms with E-state index in [9.17, 15) is 9.59 Å². The first-order valence-electron chi connectivity index (χ1n) is 9.28. The number of fused-ring (bicyclic) bond motifs is 1. The van der Waals surface area contributed by atoms with E-state index < -0.39 is 11.9 Å². The molecular weight excluding hydrogens is 394 g/mol. The molecule has 0 saturated carbocycles. The van der Waals surface area contributed by atoms with E-state index in [0.29, 0.717) is 41.0 Å². The van der Waals surface area contributed by atoms with Crippen molar-refractivity contribution in [2.75, 3.05) is 18.6 Å². The van der Waals surface area contributed by atoms with Gasteiger partial charge in [0.15, 0.2) is 11.4 Å². The fourth-order valence-electron chi connectivity index (χ4n) is 2.95. The molecule has 29 heavy (non-hydrogen) atoms. The molecule has 7 nitrogen and oxygen atoms in total. The number of esters is 1. The number of imidazole rings is 1. The number of carbonyl (C=O) groups excluding carboxylic acids is 2. The van der Waals surface area contributed by atoms with Gasteiger partial charge in [0.1, 0.15) is 12.4 Å². The number of nitrogens with zero attached hydrogens (tertiary/aromatic N) is 3. The minimum Gasteiger partial charge on any atom is -0.485 e. The molecule has 152 valence electrons. The SMILES string of the molecule is CCOC(=O)C(=O)N(C)c1c(CC)nc2c(OCc3ccc(Cl)cc3)cccn12. The number of amides is 1. The van der Waals surface area contributed by atoms with Crippen LogP contribution < -0.4 is 9.64 Å². The number of rotatable bonds is 6. The third kappa shape index (κ3) is 4.35. The van der Waals surface area contributed by atoms with Crippen molar-refractivity contribution < 1.29 is 19.1 Å². The summed E-state index contributed by atoms with van der Waals surface area (Å²) in [6.07, 6.45) is 2.36. The van der Waals surface area contributed by atoms with Gasteiger partial charge in [-0.3, -0.25) is 14.1 Å². The maximum Gasteiger partial charge on any atom is 0.397 e. The minimum absolute atomic E-state index is 0.134. The highest BCUT2D eigenvalue weighted by Gasteiger charge is 2.27. The number of benzene rings is 1. The summed E-state index contributed by atoms with van der Waals surface area (Å²) < 4.78 is 12.5. The van der Waals surface area contributed by atoms with Crippen molar-refractivity contribution in [2.24, 2.45) is 0 Å². The second-order valence-electron chi connectivity index (χ2n) is 6.30. The summed E-state index contributed by atoms with van der Waals surface area (Å²) in [4.78, 5) is 30.2. The Balaban J connectivity index is 1.94.